The van der Waals surface area contributed by atoms with E-state index in [1.54, 1.807) is 0 Å². The third-order valence-corrected chi connectivity index (χ3v) is 3.33. The number of carboxylic acids is 1. The summed E-state index contributed by atoms with van der Waals surface area (Å²) in [5.41, 5.74) is -0.243. The van der Waals surface area contributed by atoms with Gasteiger partial charge in [-0.25, -0.2) is 13.2 Å². The van der Waals surface area contributed by atoms with Gasteiger partial charge in [-0.15, -0.1) is 0 Å². The van der Waals surface area contributed by atoms with E-state index in [0.717, 1.165) is 6.26 Å². The molecule has 0 aromatic heterocycles. The van der Waals surface area contributed by atoms with Crippen LogP contribution in [0.25, 0.3) is 0 Å². The van der Waals surface area contributed by atoms with Gasteiger partial charge in [0.05, 0.1) is 17.5 Å². The number of anilines is 1. The zero-order valence-corrected chi connectivity index (χ0v) is 9.29. The van der Waals surface area contributed by atoms with Crippen LogP contribution in [0.2, 0.25) is 0 Å². The van der Waals surface area contributed by atoms with Gasteiger partial charge in [-0.05, 0) is 12.1 Å². The van der Waals surface area contributed by atoms with Crippen molar-refractivity contribution in [1.29, 1.82) is 0 Å². The Hall–Kier alpha value is -1.27. The van der Waals surface area contributed by atoms with E-state index in [2.05, 4.69) is 0 Å². The molecule has 5 nitrogen and oxygen atoms in total. The standard InChI is InChI=1S/C8H8ClNO4S/c1-15(13,14)10(9)7-5-3-2-4-6(7)8(11)12/h2-5H,1H3,(H,11,12). The van der Waals surface area contributed by atoms with E-state index in [-0.39, 0.29) is 11.3 Å². The lowest BCUT2D eigenvalue weighted by molar-refractivity contribution is 0.0698. The van der Waals surface area contributed by atoms with E-state index in [1.807, 2.05) is 0 Å². The van der Waals surface area contributed by atoms with Crippen LogP contribution in [0, 0.1) is 0 Å². The van der Waals surface area contributed by atoms with Crippen molar-refractivity contribution in [3.8, 4) is 0 Å². The molecule has 0 radical (unpaired) electrons. The number of halogens is 1. The average molecular weight is 250 g/mol. The second-order valence-electron chi connectivity index (χ2n) is 2.80. The predicted molar refractivity (Wildman–Crippen MR) is 56.6 cm³/mol. The van der Waals surface area contributed by atoms with Crippen LogP contribution in [-0.2, 0) is 10.0 Å². The molecule has 0 bridgehead atoms. The van der Waals surface area contributed by atoms with E-state index >= 15 is 0 Å². The molecular weight excluding hydrogens is 242 g/mol. The molecule has 0 saturated heterocycles. The number of nitrogens with zero attached hydrogens (tertiary/aromatic N) is 1. The van der Waals surface area contributed by atoms with Gasteiger partial charge in [-0.2, -0.15) is 3.82 Å². The molecule has 82 valence electrons. The van der Waals surface area contributed by atoms with Crippen molar-refractivity contribution in [2.24, 2.45) is 0 Å². The first-order chi connectivity index (χ1) is 6.84. The highest BCUT2D eigenvalue weighted by atomic mass is 35.5. The van der Waals surface area contributed by atoms with Crippen molar-refractivity contribution >= 4 is 33.5 Å². The average Bonchev–Trinajstić information content (AvgIpc) is 2.15. The number of hydrogen-bond donors (Lipinski definition) is 1. The van der Waals surface area contributed by atoms with Crippen molar-refractivity contribution in [1.82, 2.24) is 0 Å². The summed E-state index contributed by atoms with van der Waals surface area (Å²) < 4.78 is 22.6. The number of aromatic carboxylic acids is 1. The Morgan fingerprint density at radius 1 is 1.40 bits per heavy atom. The molecule has 0 unspecified atom stereocenters. The topological polar surface area (TPSA) is 74.7 Å². The van der Waals surface area contributed by atoms with E-state index in [0.29, 0.717) is 3.82 Å². The highest BCUT2D eigenvalue weighted by molar-refractivity contribution is 7.93. The van der Waals surface area contributed by atoms with Crippen molar-refractivity contribution in [2.75, 3.05) is 10.1 Å². The summed E-state index contributed by atoms with van der Waals surface area (Å²) in [6.45, 7) is 0. The van der Waals surface area contributed by atoms with Crippen LogP contribution in [0.15, 0.2) is 24.3 Å². The molecule has 0 heterocycles. The minimum atomic E-state index is -3.68. The van der Waals surface area contributed by atoms with Crippen molar-refractivity contribution in [2.45, 2.75) is 0 Å². The van der Waals surface area contributed by atoms with Crippen LogP contribution in [-0.4, -0.2) is 25.7 Å². The summed E-state index contributed by atoms with van der Waals surface area (Å²) in [6, 6.07) is 5.58. The minimum Gasteiger partial charge on any atom is -0.478 e. The predicted octanol–water partition coefficient (Wildman–Crippen LogP) is 1.30. The normalized spacial score (nSPS) is 11.1. The molecule has 15 heavy (non-hydrogen) atoms. The van der Waals surface area contributed by atoms with Gasteiger partial charge in [-0.1, -0.05) is 12.1 Å². The molecule has 1 N–H and O–H groups in total. The summed E-state index contributed by atoms with van der Waals surface area (Å²) >= 11 is 5.51. The van der Waals surface area contributed by atoms with Gasteiger partial charge in [0.2, 0.25) is 10.0 Å². The first-order valence-corrected chi connectivity index (χ1v) is 6.01. The molecule has 0 spiro atoms. The van der Waals surface area contributed by atoms with Crippen molar-refractivity contribution < 1.29 is 18.3 Å². The van der Waals surface area contributed by atoms with E-state index in [4.69, 9.17) is 16.9 Å². The number of benzene rings is 1. The first kappa shape index (κ1) is 11.8. The number of carboxylic acid groups (broad SMARTS) is 1. The van der Waals surface area contributed by atoms with Crippen LogP contribution in [0.4, 0.5) is 5.69 Å². The minimum absolute atomic E-state index is 0.0748. The van der Waals surface area contributed by atoms with Crippen LogP contribution in [0.5, 0.6) is 0 Å². The summed E-state index contributed by atoms with van der Waals surface area (Å²) in [7, 11) is -3.68. The molecule has 0 aliphatic heterocycles. The molecule has 0 saturated carbocycles. The molecule has 0 amide bonds. The molecule has 0 aliphatic rings. The number of rotatable bonds is 3. The number of para-hydroxylation sites is 1. The highest BCUT2D eigenvalue weighted by Gasteiger charge is 2.20. The zero-order valence-electron chi connectivity index (χ0n) is 7.71. The van der Waals surface area contributed by atoms with Gasteiger partial charge in [0.1, 0.15) is 0 Å². The fourth-order valence-electron chi connectivity index (χ4n) is 0.986. The van der Waals surface area contributed by atoms with E-state index in [1.165, 1.54) is 24.3 Å². The molecule has 1 aromatic carbocycles. The molecule has 0 atom stereocenters. The van der Waals surface area contributed by atoms with E-state index in [9.17, 15) is 13.2 Å². The van der Waals surface area contributed by atoms with E-state index < -0.39 is 16.0 Å². The summed E-state index contributed by atoms with van der Waals surface area (Å²) in [5, 5.41) is 8.80. The molecule has 1 rings (SSSR count). The molecular formula is C8H8ClNO4S. The Balaban J connectivity index is 3.32. The van der Waals surface area contributed by atoms with Crippen LogP contribution in [0.1, 0.15) is 10.4 Å². The molecule has 0 fully saturated rings. The van der Waals surface area contributed by atoms with Crippen molar-refractivity contribution in [3.05, 3.63) is 29.8 Å². The lowest BCUT2D eigenvalue weighted by Crippen LogP contribution is -2.21. The Morgan fingerprint density at radius 3 is 2.40 bits per heavy atom. The number of hydrogen-bond acceptors (Lipinski definition) is 3. The quantitative estimate of drug-likeness (QED) is 0.820. The maximum atomic E-state index is 11.1. The lowest BCUT2D eigenvalue weighted by atomic mass is 10.2. The zero-order chi connectivity index (χ0) is 11.6. The summed E-state index contributed by atoms with van der Waals surface area (Å²) in [6.07, 6.45) is 0.888. The Labute approximate surface area is 92.1 Å². The molecule has 0 aliphatic carbocycles. The van der Waals surface area contributed by atoms with Crippen LogP contribution < -0.4 is 3.82 Å². The monoisotopic (exact) mass is 249 g/mol. The van der Waals surface area contributed by atoms with Gasteiger partial charge in [0.25, 0.3) is 0 Å². The largest absolute Gasteiger partial charge is 0.478 e. The number of carbonyl (C=O) groups is 1. The third-order valence-electron chi connectivity index (χ3n) is 1.62. The van der Waals surface area contributed by atoms with Gasteiger partial charge in [0, 0.05) is 11.8 Å². The Bertz CT molecular complexity index is 485. The smallest absolute Gasteiger partial charge is 0.337 e. The lowest BCUT2D eigenvalue weighted by Gasteiger charge is -2.14. The second-order valence-corrected chi connectivity index (χ2v) is 5.17. The molecule has 1 aromatic rings. The maximum Gasteiger partial charge on any atom is 0.337 e. The fraction of sp³-hybridized carbons (Fsp3) is 0.125. The molecule has 7 heteroatoms. The fourth-order valence-corrected chi connectivity index (χ4v) is 1.65. The van der Waals surface area contributed by atoms with Crippen LogP contribution >= 0.6 is 11.8 Å². The van der Waals surface area contributed by atoms with Gasteiger partial charge in [0.15, 0.2) is 0 Å². The summed E-state index contributed by atoms with van der Waals surface area (Å²) in [4.78, 5) is 10.8. The third kappa shape index (κ3) is 2.60. The highest BCUT2D eigenvalue weighted by Crippen LogP contribution is 2.24. The van der Waals surface area contributed by atoms with Crippen LogP contribution in [0.3, 0.4) is 0 Å². The Kier molecular flexibility index (Phi) is 3.21. The van der Waals surface area contributed by atoms with Gasteiger partial charge in [-0.3, -0.25) is 0 Å². The van der Waals surface area contributed by atoms with Gasteiger partial charge < -0.3 is 5.11 Å². The number of sulfonamides is 1. The Morgan fingerprint density at radius 2 is 1.93 bits per heavy atom. The van der Waals surface area contributed by atoms with Gasteiger partial charge >= 0.3 is 5.97 Å². The first-order valence-electron chi connectivity index (χ1n) is 3.82. The van der Waals surface area contributed by atoms with Crippen molar-refractivity contribution in [3.63, 3.8) is 0 Å². The summed E-state index contributed by atoms with van der Waals surface area (Å²) in [5.74, 6) is -1.24. The SMILES string of the molecule is CS(=O)(=O)N(Cl)c1ccccc1C(=O)O. The second kappa shape index (κ2) is 4.08. The maximum absolute atomic E-state index is 11.1.